The molecule has 2 heteroatoms. The van der Waals surface area contributed by atoms with E-state index >= 15 is 0 Å². The number of carbonyl (C=O) groups is 1. The summed E-state index contributed by atoms with van der Waals surface area (Å²) >= 11 is 0. The van der Waals surface area contributed by atoms with E-state index in [-0.39, 0.29) is 10.8 Å². The minimum Gasteiger partial charge on any atom is -0.478 e. The third kappa shape index (κ3) is 3.12. The quantitative estimate of drug-likeness (QED) is 0.636. The number of hydrogen-bond acceptors (Lipinski definition) is 1. The van der Waals surface area contributed by atoms with Gasteiger partial charge in [-0.1, -0.05) is 65.0 Å². The molecule has 1 aliphatic rings. The zero-order chi connectivity index (χ0) is 20.1. The molecule has 0 radical (unpaired) electrons. The summed E-state index contributed by atoms with van der Waals surface area (Å²) in [5.74, 6) is -0.321. The molecule has 0 aliphatic heterocycles. The maximum atomic E-state index is 11.0. The van der Waals surface area contributed by atoms with E-state index in [0.29, 0.717) is 11.5 Å². The molecule has 2 aromatic rings. The molecule has 1 unspecified atom stereocenters. The van der Waals surface area contributed by atoms with Crippen molar-refractivity contribution >= 4 is 17.6 Å². The number of benzene rings is 2. The summed E-state index contributed by atoms with van der Waals surface area (Å²) in [5.41, 5.74) is 8.34. The highest BCUT2D eigenvalue weighted by atomic mass is 16.4. The molecule has 0 amide bonds. The van der Waals surface area contributed by atoms with Gasteiger partial charge in [-0.05, 0) is 76.1 Å². The molecule has 3 rings (SSSR count). The van der Waals surface area contributed by atoms with Gasteiger partial charge in [-0.2, -0.15) is 0 Å². The standard InChI is InChI=1S/C25H30O2/c1-15(12-18-8-10-19(11-9-18)23(26)27)20-14-22-21(13-16(20)2)24(4,5)17(3)25(22,6)7/h8-14,17H,1-7H3,(H,26,27)/b15-12+. The predicted molar refractivity (Wildman–Crippen MR) is 113 cm³/mol. The van der Waals surface area contributed by atoms with Crippen molar-refractivity contribution in [2.45, 2.75) is 59.3 Å². The van der Waals surface area contributed by atoms with Gasteiger partial charge < -0.3 is 5.11 Å². The maximum absolute atomic E-state index is 11.0. The van der Waals surface area contributed by atoms with E-state index in [9.17, 15) is 4.79 Å². The largest absolute Gasteiger partial charge is 0.478 e. The lowest BCUT2D eigenvalue weighted by Crippen LogP contribution is -2.30. The monoisotopic (exact) mass is 362 g/mol. The fourth-order valence-electron chi connectivity index (χ4n) is 4.62. The number of carboxylic acids is 1. The van der Waals surface area contributed by atoms with Gasteiger partial charge in [0.15, 0.2) is 0 Å². The molecule has 1 N–H and O–H groups in total. The molecule has 1 atom stereocenters. The fraction of sp³-hybridized carbons (Fsp3) is 0.400. The summed E-state index contributed by atoms with van der Waals surface area (Å²) in [7, 11) is 0. The van der Waals surface area contributed by atoms with Gasteiger partial charge in [0, 0.05) is 0 Å². The lowest BCUT2D eigenvalue weighted by molar-refractivity contribution is 0.0697. The molecular weight excluding hydrogens is 332 g/mol. The number of rotatable bonds is 3. The van der Waals surface area contributed by atoms with Crippen LogP contribution in [0.1, 0.15) is 79.7 Å². The van der Waals surface area contributed by atoms with Gasteiger partial charge in [0.05, 0.1) is 5.56 Å². The van der Waals surface area contributed by atoms with Crippen molar-refractivity contribution in [2.24, 2.45) is 5.92 Å². The Morgan fingerprint density at radius 1 is 1.00 bits per heavy atom. The Kier molecular flexibility index (Phi) is 4.58. The van der Waals surface area contributed by atoms with Crippen molar-refractivity contribution in [2.75, 3.05) is 0 Å². The number of carboxylic acid groups (broad SMARTS) is 1. The highest BCUT2D eigenvalue weighted by Crippen LogP contribution is 2.54. The van der Waals surface area contributed by atoms with Crippen molar-refractivity contribution in [3.05, 3.63) is 69.8 Å². The Morgan fingerprint density at radius 2 is 1.52 bits per heavy atom. The summed E-state index contributed by atoms with van der Waals surface area (Å²) in [6.45, 7) is 16.1. The van der Waals surface area contributed by atoms with E-state index in [1.807, 2.05) is 12.1 Å². The lowest BCUT2D eigenvalue weighted by Gasteiger charge is -2.32. The average Bonchev–Trinajstić information content (AvgIpc) is 2.72. The zero-order valence-corrected chi connectivity index (χ0v) is 17.5. The van der Waals surface area contributed by atoms with Crippen LogP contribution < -0.4 is 0 Å². The fourth-order valence-corrected chi connectivity index (χ4v) is 4.62. The van der Waals surface area contributed by atoms with Gasteiger partial charge in [0.2, 0.25) is 0 Å². The summed E-state index contributed by atoms with van der Waals surface area (Å²) in [6, 6.07) is 11.8. The van der Waals surface area contributed by atoms with Crippen LogP contribution in [0.5, 0.6) is 0 Å². The Bertz CT molecular complexity index is 928. The molecule has 2 aromatic carbocycles. The van der Waals surface area contributed by atoms with Crippen molar-refractivity contribution < 1.29 is 9.90 Å². The molecule has 2 nitrogen and oxygen atoms in total. The second kappa shape index (κ2) is 6.37. The molecule has 0 aromatic heterocycles. The van der Waals surface area contributed by atoms with Crippen LogP contribution in [-0.2, 0) is 10.8 Å². The summed E-state index contributed by atoms with van der Waals surface area (Å²) < 4.78 is 0. The Labute approximate surface area is 162 Å². The van der Waals surface area contributed by atoms with Crippen LogP contribution in [0.15, 0.2) is 36.4 Å². The van der Waals surface area contributed by atoms with E-state index in [1.165, 1.54) is 27.8 Å². The molecule has 0 saturated heterocycles. The summed E-state index contributed by atoms with van der Waals surface area (Å²) in [4.78, 5) is 11.0. The first-order valence-electron chi connectivity index (χ1n) is 9.64. The van der Waals surface area contributed by atoms with E-state index < -0.39 is 5.97 Å². The first-order valence-corrected chi connectivity index (χ1v) is 9.64. The SMILES string of the molecule is C/C(=C\c1ccc(C(=O)O)cc1)c1cc2c(cc1C)C(C)(C)C(C)C2(C)C. The second-order valence-electron chi connectivity index (χ2n) is 9.13. The van der Waals surface area contributed by atoms with E-state index in [0.717, 1.165) is 5.56 Å². The third-order valence-electron chi connectivity index (χ3n) is 6.88. The van der Waals surface area contributed by atoms with Crippen molar-refractivity contribution in [3.8, 4) is 0 Å². The van der Waals surface area contributed by atoms with E-state index in [2.05, 4.69) is 66.7 Å². The first kappa shape index (κ1) is 19.4. The second-order valence-corrected chi connectivity index (χ2v) is 9.13. The minimum atomic E-state index is -0.893. The number of aromatic carboxylic acids is 1. The topological polar surface area (TPSA) is 37.3 Å². The van der Waals surface area contributed by atoms with Gasteiger partial charge in [0.1, 0.15) is 0 Å². The summed E-state index contributed by atoms with van der Waals surface area (Å²) in [6.07, 6.45) is 2.14. The molecule has 0 bridgehead atoms. The molecule has 0 fully saturated rings. The number of fused-ring (bicyclic) bond motifs is 1. The molecule has 27 heavy (non-hydrogen) atoms. The van der Waals surface area contributed by atoms with Gasteiger partial charge in [0.25, 0.3) is 0 Å². The van der Waals surface area contributed by atoms with Gasteiger partial charge >= 0.3 is 5.97 Å². The van der Waals surface area contributed by atoms with Crippen molar-refractivity contribution in [1.29, 1.82) is 0 Å². The Morgan fingerprint density at radius 3 is 2.04 bits per heavy atom. The highest BCUT2D eigenvalue weighted by Gasteiger charge is 2.48. The lowest BCUT2D eigenvalue weighted by atomic mass is 9.71. The zero-order valence-electron chi connectivity index (χ0n) is 17.5. The van der Waals surface area contributed by atoms with Crippen molar-refractivity contribution in [1.82, 2.24) is 0 Å². The third-order valence-corrected chi connectivity index (χ3v) is 6.88. The smallest absolute Gasteiger partial charge is 0.335 e. The highest BCUT2D eigenvalue weighted by molar-refractivity contribution is 5.88. The van der Waals surface area contributed by atoms with E-state index in [1.54, 1.807) is 12.1 Å². The van der Waals surface area contributed by atoms with Crippen LogP contribution in [0.2, 0.25) is 0 Å². The number of hydrogen-bond donors (Lipinski definition) is 1. The van der Waals surface area contributed by atoms with Crippen LogP contribution in [-0.4, -0.2) is 11.1 Å². The van der Waals surface area contributed by atoms with Gasteiger partial charge in [-0.3, -0.25) is 0 Å². The number of aryl methyl sites for hydroxylation is 1. The van der Waals surface area contributed by atoms with Crippen LogP contribution in [0.4, 0.5) is 0 Å². The Hall–Kier alpha value is -2.35. The van der Waals surface area contributed by atoms with E-state index in [4.69, 9.17) is 5.11 Å². The van der Waals surface area contributed by atoms with Crippen LogP contribution in [0.25, 0.3) is 11.6 Å². The van der Waals surface area contributed by atoms with Crippen LogP contribution >= 0.6 is 0 Å². The molecule has 0 spiro atoms. The molecule has 0 saturated carbocycles. The predicted octanol–water partition coefficient (Wildman–Crippen LogP) is 6.46. The first-order chi connectivity index (χ1) is 12.5. The number of allylic oxidation sites excluding steroid dienone is 1. The minimum absolute atomic E-state index is 0.144. The van der Waals surface area contributed by atoms with Crippen LogP contribution in [0.3, 0.4) is 0 Å². The Balaban J connectivity index is 2.06. The van der Waals surface area contributed by atoms with Crippen LogP contribution in [0, 0.1) is 12.8 Å². The van der Waals surface area contributed by atoms with Crippen molar-refractivity contribution in [3.63, 3.8) is 0 Å². The average molecular weight is 363 g/mol. The molecular formula is C25H30O2. The maximum Gasteiger partial charge on any atom is 0.335 e. The molecule has 1 aliphatic carbocycles. The summed E-state index contributed by atoms with van der Waals surface area (Å²) in [5, 5.41) is 9.06. The molecule has 142 valence electrons. The normalized spacial score (nSPS) is 20.4. The molecule has 0 heterocycles. The van der Waals surface area contributed by atoms with Gasteiger partial charge in [-0.25, -0.2) is 4.79 Å². The van der Waals surface area contributed by atoms with Gasteiger partial charge in [-0.15, -0.1) is 0 Å².